The quantitative estimate of drug-likeness (QED) is 0.661. The van der Waals surface area contributed by atoms with Crippen molar-refractivity contribution < 1.29 is 9.53 Å². The van der Waals surface area contributed by atoms with E-state index in [2.05, 4.69) is 0 Å². The second-order valence-corrected chi connectivity index (χ2v) is 4.40. The number of halogens is 1. The third-order valence-electron chi connectivity index (χ3n) is 2.36. The van der Waals surface area contributed by atoms with Crippen LogP contribution in [0.2, 0.25) is 0 Å². The number of carbonyl (C=O) groups is 1. The zero-order valence-corrected chi connectivity index (χ0v) is 9.75. The SMILES string of the molecule is CC[C@@H](Cl)C(=O)N1C[C@@H](C)O[C@@H](C)C1. The smallest absolute Gasteiger partial charge is 0.240 e. The van der Waals surface area contributed by atoms with E-state index in [0.717, 1.165) is 0 Å². The molecule has 82 valence electrons. The van der Waals surface area contributed by atoms with Gasteiger partial charge in [0.15, 0.2) is 0 Å². The van der Waals surface area contributed by atoms with E-state index in [4.69, 9.17) is 16.3 Å². The first-order valence-electron chi connectivity index (χ1n) is 5.13. The van der Waals surface area contributed by atoms with E-state index >= 15 is 0 Å². The minimum Gasteiger partial charge on any atom is -0.372 e. The van der Waals surface area contributed by atoms with Crippen LogP contribution < -0.4 is 0 Å². The van der Waals surface area contributed by atoms with Gasteiger partial charge in [0.05, 0.1) is 12.2 Å². The standard InChI is InChI=1S/C10H18ClNO2/c1-4-9(11)10(13)12-5-7(2)14-8(3)6-12/h7-9H,4-6H2,1-3H3/t7-,8+,9-/m1/s1. The van der Waals surface area contributed by atoms with Crippen LogP contribution in [-0.4, -0.2) is 41.5 Å². The summed E-state index contributed by atoms with van der Waals surface area (Å²) in [5, 5.41) is -0.382. The van der Waals surface area contributed by atoms with Crippen molar-refractivity contribution in [2.24, 2.45) is 0 Å². The molecule has 4 heteroatoms. The lowest BCUT2D eigenvalue weighted by molar-refractivity contribution is -0.142. The van der Waals surface area contributed by atoms with E-state index in [1.807, 2.05) is 20.8 Å². The molecule has 0 aliphatic carbocycles. The first-order chi connectivity index (χ1) is 6.54. The topological polar surface area (TPSA) is 29.5 Å². The molecule has 1 fully saturated rings. The van der Waals surface area contributed by atoms with Gasteiger partial charge in [0.25, 0.3) is 0 Å². The van der Waals surface area contributed by atoms with Crippen molar-refractivity contribution >= 4 is 17.5 Å². The van der Waals surface area contributed by atoms with Gasteiger partial charge in [-0.05, 0) is 20.3 Å². The highest BCUT2D eigenvalue weighted by molar-refractivity contribution is 6.30. The van der Waals surface area contributed by atoms with Crippen molar-refractivity contribution in [3.8, 4) is 0 Å². The average Bonchev–Trinajstić information content (AvgIpc) is 2.14. The summed E-state index contributed by atoms with van der Waals surface area (Å²) in [6, 6.07) is 0. The molecule has 1 aliphatic rings. The molecule has 1 rings (SSSR count). The molecule has 3 nitrogen and oxygen atoms in total. The van der Waals surface area contributed by atoms with Crippen LogP contribution >= 0.6 is 11.6 Å². The van der Waals surface area contributed by atoms with Gasteiger partial charge in [0.1, 0.15) is 5.38 Å². The zero-order valence-electron chi connectivity index (χ0n) is 9.00. The van der Waals surface area contributed by atoms with Crippen LogP contribution in [0.4, 0.5) is 0 Å². The Morgan fingerprint density at radius 1 is 1.50 bits per heavy atom. The average molecular weight is 220 g/mol. The van der Waals surface area contributed by atoms with Gasteiger partial charge in [-0.1, -0.05) is 6.92 Å². The summed E-state index contributed by atoms with van der Waals surface area (Å²) < 4.78 is 5.54. The molecule has 0 saturated carbocycles. The number of nitrogens with zero attached hydrogens (tertiary/aromatic N) is 1. The second-order valence-electron chi connectivity index (χ2n) is 3.88. The highest BCUT2D eigenvalue weighted by atomic mass is 35.5. The highest BCUT2D eigenvalue weighted by Crippen LogP contribution is 2.14. The van der Waals surface area contributed by atoms with Crippen LogP contribution in [-0.2, 0) is 9.53 Å². The van der Waals surface area contributed by atoms with Crippen molar-refractivity contribution in [3.63, 3.8) is 0 Å². The van der Waals surface area contributed by atoms with Crippen LogP contribution in [0.15, 0.2) is 0 Å². The minimum absolute atomic E-state index is 0.0381. The Balaban J connectivity index is 2.54. The normalized spacial score (nSPS) is 30.1. The number of morpholine rings is 1. The van der Waals surface area contributed by atoms with Crippen LogP contribution in [0, 0.1) is 0 Å². The summed E-state index contributed by atoms with van der Waals surface area (Å²) in [5.41, 5.74) is 0. The molecular formula is C10H18ClNO2. The predicted octanol–water partition coefficient (Wildman–Crippen LogP) is 1.64. The van der Waals surface area contributed by atoms with Gasteiger partial charge in [-0.3, -0.25) is 4.79 Å². The van der Waals surface area contributed by atoms with Crippen molar-refractivity contribution in [3.05, 3.63) is 0 Å². The molecule has 0 aromatic heterocycles. The maximum Gasteiger partial charge on any atom is 0.240 e. The summed E-state index contributed by atoms with van der Waals surface area (Å²) in [6.07, 6.45) is 0.910. The Labute approximate surface area is 90.4 Å². The molecule has 0 radical (unpaired) electrons. The lowest BCUT2D eigenvalue weighted by atomic mass is 10.2. The van der Waals surface area contributed by atoms with Gasteiger partial charge < -0.3 is 9.64 Å². The minimum atomic E-state index is -0.382. The number of carbonyl (C=O) groups excluding carboxylic acids is 1. The van der Waals surface area contributed by atoms with Gasteiger partial charge >= 0.3 is 0 Å². The van der Waals surface area contributed by atoms with Crippen LogP contribution in [0.5, 0.6) is 0 Å². The first kappa shape index (κ1) is 11.8. The summed E-state index contributed by atoms with van der Waals surface area (Å²) in [6.45, 7) is 7.19. The third-order valence-corrected chi connectivity index (χ3v) is 2.85. The van der Waals surface area contributed by atoms with E-state index in [1.54, 1.807) is 4.90 Å². The van der Waals surface area contributed by atoms with Gasteiger partial charge in [0, 0.05) is 13.1 Å². The first-order valence-corrected chi connectivity index (χ1v) is 5.56. The molecule has 0 unspecified atom stereocenters. The molecule has 14 heavy (non-hydrogen) atoms. The van der Waals surface area contributed by atoms with Crippen molar-refractivity contribution in [2.75, 3.05) is 13.1 Å². The number of ether oxygens (including phenoxy) is 1. The third kappa shape index (κ3) is 2.85. The molecule has 0 N–H and O–H groups in total. The molecule has 1 aliphatic heterocycles. The summed E-state index contributed by atoms with van der Waals surface area (Å²) in [7, 11) is 0. The largest absolute Gasteiger partial charge is 0.372 e. The fraction of sp³-hybridized carbons (Fsp3) is 0.900. The maximum absolute atomic E-state index is 11.8. The van der Waals surface area contributed by atoms with E-state index in [0.29, 0.717) is 19.5 Å². The Kier molecular flexibility index (Phi) is 4.20. The molecular weight excluding hydrogens is 202 g/mol. The van der Waals surface area contributed by atoms with E-state index in [1.165, 1.54) is 0 Å². The Morgan fingerprint density at radius 2 is 2.00 bits per heavy atom. The van der Waals surface area contributed by atoms with Gasteiger partial charge in [-0.15, -0.1) is 11.6 Å². The molecule has 0 aromatic carbocycles. The number of hydrogen-bond acceptors (Lipinski definition) is 2. The van der Waals surface area contributed by atoms with Crippen molar-refractivity contribution in [1.82, 2.24) is 4.90 Å². The number of alkyl halides is 1. The maximum atomic E-state index is 11.8. The summed E-state index contributed by atoms with van der Waals surface area (Å²) >= 11 is 5.91. The molecule has 1 heterocycles. The number of amides is 1. The fourth-order valence-corrected chi connectivity index (χ4v) is 1.87. The predicted molar refractivity (Wildman–Crippen MR) is 56.5 cm³/mol. The van der Waals surface area contributed by atoms with Gasteiger partial charge in [0.2, 0.25) is 5.91 Å². The summed E-state index contributed by atoms with van der Waals surface area (Å²) in [4.78, 5) is 13.6. The van der Waals surface area contributed by atoms with E-state index < -0.39 is 0 Å². The van der Waals surface area contributed by atoms with Crippen LogP contribution in [0.25, 0.3) is 0 Å². The Hall–Kier alpha value is -0.280. The Morgan fingerprint density at radius 3 is 2.43 bits per heavy atom. The molecule has 0 bridgehead atoms. The highest BCUT2D eigenvalue weighted by Gasteiger charge is 2.28. The van der Waals surface area contributed by atoms with Crippen LogP contribution in [0.3, 0.4) is 0 Å². The number of rotatable bonds is 2. The molecule has 1 amide bonds. The fourth-order valence-electron chi connectivity index (χ4n) is 1.73. The van der Waals surface area contributed by atoms with Crippen molar-refractivity contribution in [2.45, 2.75) is 44.8 Å². The monoisotopic (exact) mass is 219 g/mol. The molecule has 1 saturated heterocycles. The molecule has 3 atom stereocenters. The number of hydrogen-bond donors (Lipinski definition) is 0. The van der Waals surface area contributed by atoms with Gasteiger partial charge in [-0.2, -0.15) is 0 Å². The summed E-state index contributed by atoms with van der Waals surface area (Å²) in [5.74, 6) is 0.0381. The molecule has 0 spiro atoms. The molecule has 0 aromatic rings. The Bertz CT molecular complexity index is 200. The lowest BCUT2D eigenvalue weighted by Gasteiger charge is -2.36. The van der Waals surface area contributed by atoms with Gasteiger partial charge in [-0.25, -0.2) is 0 Å². The van der Waals surface area contributed by atoms with E-state index in [-0.39, 0.29) is 23.5 Å². The zero-order chi connectivity index (χ0) is 10.7. The van der Waals surface area contributed by atoms with E-state index in [9.17, 15) is 4.79 Å². The lowest BCUT2D eigenvalue weighted by Crippen LogP contribution is -2.50. The second kappa shape index (κ2) is 4.99. The van der Waals surface area contributed by atoms with Crippen LogP contribution in [0.1, 0.15) is 27.2 Å². The van der Waals surface area contributed by atoms with Crippen molar-refractivity contribution in [1.29, 1.82) is 0 Å².